The van der Waals surface area contributed by atoms with Gasteiger partial charge in [-0.15, -0.1) is 10.2 Å². The molecule has 1 aromatic carbocycles. The Hall–Kier alpha value is -2.58. The fraction of sp³-hybridized carbons (Fsp3) is 0.381. The van der Waals surface area contributed by atoms with Crippen LogP contribution in [0.15, 0.2) is 52.2 Å². The monoisotopic (exact) mass is 413 g/mol. The van der Waals surface area contributed by atoms with E-state index in [1.165, 1.54) is 22.9 Å². The van der Waals surface area contributed by atoms with Gasteiger partial charge >= 0.3 is 0 Å². The lowest BCUT2D eigenvalue weighted by atomic mass is 10.0. The van der Waals surface area contributed by atoms with Gasteiger partial charge < -0.3 is 14.6 Å². The molecule has 7 nitrogen and oxygen atoms in total. The van der Waals surface area contributed by atoms with Gasteiger partial charge in [0, 0.05) is 13.1 Å². The maximum absolute atomic E-state index is 12.4. The van der Waals surface area contributed by atoms with E-state index in [4.69, 9.17) is 4.42 Å². The average molecular weight is 414 g/mol. The van der Waals surface area contributed by atoms with E-state index < -0.39 is 0 Å². The molecule has 8 heteroatoms. The molecule has 0 aliphatic rings. The summed E-state index contributed by atoms with van der Waals surface area (Å²) in [5.74, 6) is 1.60. The summed E-state index contributed by atoms with van der Waals surface area (Å²) >= 11 is 1.38. The lowest BCUT2D eigenvalue weighted by molar-refractivity contribution is -0.118. The molecule has 0 saturated heterocycles. The molecule has 154 valence electrons. The molecule has 0 saturated carbocycles. The molecule has 0 radical (unpaired) electrons. The summed E-state index contributed by atoms with van der Waals surface area (Å²) in [7, 11) is 4.04. The molecule has 2 aromatic heterocycles. The zero-order valence-electron chi connectivity index (χ0n) is 17.3. The van der Waals surface area contributed by atoms with Gasteiger partial charge in [0.1, 0.15) is 0 Å². The summed E-state index contributed by atoms with van der Waals surface area (Å²) in [6, 6.07) is 12.2. The Bertz CT molecular complexity index is 919. The van der Waals surface area contributed by atoms with Crippen LogP contribution in [0.3, 0.4) is 0 Å². The van der Waals surface area contributed by atoms with Crippen molar-refractivity contribution in [2.24, 2.45) is 0 Å². The van der Waals surface area contributed by atoms with E-state index in [1.54, 1.807) is 6.26 Å². The Kier molecular flexibility index (Phi) is 7.11. The number of furan rings is 1. The van der Waals surface area contributed by atoms with Crippen molar-refractivity contribution in [2.45, 2.75) is 31.6 Å². The molecule has 1 N–H and O–H groups in total. The van der Waals surface area contributed by atoms with Crippen LogP contribution in [0.1, 0.15) is 24.1 Å². The Morgan fingerprint density at radius 1 is 1.24 bits per heavy atom. The second-order valence-electron chi connectivity index (χ2n) is 7.01. The van der Waals surface area contributed by atoms with Crippen LogP contribution >= 0.6 is 11.8 Å². The average Bonchev–Trinajstić information content (AvgIpc) is 3.36. The van der Waals surface area contributed by atoms with Gasteiger partial charge in [0.2, 0.25) is 5.91 Å². The number of hydrogen-bond donors (Lipinski definition) is 1. The summed E-state index contributed by atoms with van der Waals surface area (Å²) in [4.78, 5) is 14.6. The predicted molar refractivity (Wildman–Crippen MR) is 115 cm³/mol. The van der Waals surface area contributed by atoms with E-state index in [2.05, 4.69) is 51.6 Å². The number of amides is 1. The van der Waals surface area contributed by atoms with Crippen molar-refractivity contribution in [1.82, 2.24) is 25.0 Å². The number of nitrogens with zero attached hydrogens (tertiary/aromatic N) is 4. The highest BCUT2D eigenvalue weighted by Crippen LogP contribution is 2.24. The Balaban J connectivity index is 1.58. The van der Waals surface area contributed by atoms with Gasteiger partial charge in [0.25, 0.3) is 0 Å². The first-order valence-corrected chi connectivity index (χ1v) is 10.6. The van der Waals surface area contributed by atoms with Crippen LogP contribution in [0.4, 0.5) is 0 Å². The Morgan fingerprint density at radius 3 is 2.62 bits per heavy atom. The first-order valence-electron chi connectivity index (χ1n) is 9.59. The summed E-state index contributed by atoms with van der Waals surface area (Å²) in [5.41, 5.74) is 2.41. The number of carbonyl (C=O) groups is 1. The SMILES string of the molecule is CCn1c(SCC(=O)NCC(c2ccc(C)cc2)N(C)C)nnc1-c1ccco1. The molecule has 1 unspecified atom stereocenters. The molecule has 29 heavy (non-hydrogen) atoms. The number of rotatable bonds is 9. The van der Waals surface area contributed by atoms with Gasteiger partial charge in [-0.3, -0.25) is 9.36 Å². The molecular weight excluding hydrogens is 386 g/mol. The molecule has 3 aromatic rings. The zero-order valence-corrected chi connectivity index (χ0v) is 18.1. The highest BCUT2D eigenvalue weighted by molar-refractivity contribution is 7.99. The predicted octanol–water partition coefficient (Wildman–Crippen LogP) is 3.38. The van der Waals surface area contributed by atoms with E-state index >= 15 is 0 Å². The van der Waals surface area contributed by atoms with Crippen molar-refractivity contribution >= 4 is 17.7 Å². The van der Waals surface area contributed by atoms with Crippen LogP contribution < -0.4 is 5.32 Å². The second kappa shape index (κ2) is 9.76. The minimum absolute atomic E-state index is 0.0286. The summed E-state index contributed by atoms with van der Waals surface area (Å²) in [6.45, 7) is 5.33. The van der Waals surface area contributed by atoms with Gasteiger partial charge in [-0.25, -0.2) is 0 Å². The fourth-order valence-corrected chi connectivity index (χ4v) is 3.88. The zero-order chi connectivity index (χ0) is 20.8. The summed E-state index contributed by atoms with van der Waals surface area (Å²) < 4.78 is 7.37. The molecule has 2 heterocycles. The fourth-order valence-electron chi connectivity index (χ4n) is 3.05. The lowest BCUT2D eigenvalue weighted by Gasteiger charge is -2.25. The maximum Gasteiger partial charge on any atom is 0.230 e. The molecule has 0 aliphatic carbocycles. The Labute approximate surface area is 175 Å². The number of thioether (sulfide) groups is 1. The van der Waals surface area contributed by atoms with E-state index in [0.29, 0.717) is 29.8 Å². The van der Waals surface area contributed by atoms with E-state index in [1.807, 2.05) is 37.7 Å². The van der Waals surface area contributed by atoms with Crippen LogP contribution in [-0.4, -0.2) is 52.0 Å². The third-order valence-electron chi connectivity index (χ3n) is 4.69. The number of aryl methyl sites for hydroxylation is 1. The highest BCUT2D eigenvalue weighted by Gasteiger charge is 2.18. The largest absolute Gasteiger partial charge is 0.461 e. The lowest BCUT2D eigenvalue weighted by Crippen LogP contribution is -2.35. The maximum atomic E-state index is 12.4. The molecule has 1 atom stereocenters. The van der Waals surface area contributed by atoms with E-state index in [0.717, 1.165) is 0 Å². The van der Waals surface area contributed by atoms with Crippen molar-refractivity contribution in [2.75, 3.05) is 26.4 Å². The quantitative estimate of drug-likeness (QED) is 0.542. The smallest absolute Gasteiger partial charge is 0.230 e. The molecule has 1 amide bonds. The van der Waals surface area contributed by atoms with Crippen molar-refractivity contribution < 1.29 is 9.21 Å². The normalized spacial score (nSPS) is 12.3. The van der Waals surface area contributed by atoms with Gasteiger partial charge in [-0.2, -0.15) is 0 Å². The molecule has 0 bridgehead atoms. The van der Waals surface area contributed by atoms with Gasteiger partial charge in [0.05, 0.1) is 18.1 Å². The van der Waals surface area contributed by atoms with E-state index in [9.17, 15) is 4.79 Å². The van der Waals surface area contributed by atoms with Crippen LogP contribution in [0.25, 0.3) is 11.6 Å². The molecule has 0 aliphatic heterocycles. The standard InChI is InChI=1S/C21H27N5O2S/c1-5-26-20(18-7-6-12-28-18)23-24-21(26)29-14-19(27)22-13-17(25(3)4)16-10-8-15(2)9-11-16/h6-12,17H,5,13-14H2,1-4H3,(H,22,27). The van der Waals surface area contributed by atoms with Crippen molar-refractivity contribution in [3.8, 4) is 11.6 Å². The van der Waals surface area contributed by atoms with Crippen molar-refractivity contribution in [3.63, 3.8) is 0 Å². The van der Waals surface area contributed by atoms with Crippen LogP contribution in [-0.2, 0) is 11.3 Å². The van der Waals surface area contributed by atoms with Crippen molar-refractivity contribution in [1.29, 1.82) is 0 Å². The van der Waals surface area contributed by atoms with Crippen LogP contribution in [0, 0.1) is 6.92 Å². The Morgan fingerprint density at radius 2 is 2.00 bits per heavy atom. The first-order chi connectivity index (χ1) is 14.0. The number of nitrogens with one attached hydrogen (secondary N) is 1. The van der Waals surface area contributed by atoms with Crippen LogP contribution in [0.2, 0.25) is 0 Å². The third kappa shape index (κ3) is 5.27. The minimum atomic E-state index is -0.0286. The number of benzene rings is 1. The second-order valence-corrected chi connectivity index (χ2v) is 7.95. The number of likely N-dealkylation sites (N-methyl/N-ethyl adjacent to an activating group) is 1. The van der Waals surface area contributed by atoms with E-state index in [-0.39, 0.29) is 17.7 Å². The number of carbonyl (C=O) groups excluding carboxylic acids is 1. The third-order valence-corrected chi connectivity index (χ3v) is 5.65. The van der Waals surface area contributed by atoms with Crippen LogP contribution in [0.5, 0.6) is 0 Å². The highest BCUT2D eigenvalue weighted by atomic mass is 32.2. The summed E-state index contributed by atoms with van der Waals surface area (Å²) in [6.07, 6.45) is 1.61. The molecule has 0 fully saturated rings. The molecule has 3 rings (SSSR count). The number of aromatic nitrogens is 3. The number of hydrogen-bond acceptors (Lipinski definition) is 6. The molecule has 0 spiro atoms. The van der Waals surface area contributed by atoms with Gasteiger partial charge in [0.15, 0.2) is 16.7 Å². The summed E-state index contributed by atoms with van der Waals surface area (Å²) in [5, 5.41) is 12.2. The topological polar surface area (TPSA) is 76.2 Å². The van der Waals surface area contributed by atoms with Gasteiger partial charge in [-0.05, 0) is 45.6 Å². The minimum Gasteiger partial charge on any atom is -0.461 e. The molecular formula is C21H27N5O2S. The van der Waals surface area contributed by atoms with Crippen molar-refractivity contribution in [3.05, 3.63) is 53.8 Å². The first kappa shape index (κ1) is 21.1. The van der Waals surface area contributed by atoms with Gasteiger partial charge in [-0.1, -0.05) is 41.6 Å².